The van der Waals surface area contributed by atoms with Gasteiger partial charge in [0, 0.05) is 28.0 Å². The van der Waals surface area contributed by atoms with Crippen molar-refractivity contribution in [1.29, 1.82) is 0 Å². The fourth-order valence-electron chi connectivity index (χ4n) is 5.34. The van der Waals surface area contributed by atoms with Crippen LogP contribution < -0.4 is 10.1 Å². The van der Waals surface area contributed by atoms with Crippen LogP contribution in [0.15, 0.2) is 85.2 Å². The molecular formula is C31H26FN5O. The van der Waals surface area contributed by atoms with Crippen LogP contribution in [-0.2, 0) is 0 Å². The summed E-state index contributed by atoms with van der Waals surface area (Å²) in [4.78, 5) is 7.97. The highest BCUT2D eigenvalue weighted by atomic mass is 19.1. The third-order valence-corrected chi connectivity index (χ3v) is 7.25. The molecule has 1 saturated heterocycles. The second kappa shape index (κ2) is 9.43. The van der Waals surface area contributed by atoms with Gasteiger partial charge in [-0.2, -0.15) is 5.10 Å². The summed E-state index contributed by atoms with van der Waals surface area (Å²) in [5.41, 5.74) is 7.50. The van der Waals surface area contributed by atoms with Gasteiger partial charge in [0.05, 0.1) is 17.4 Å². The molecule has 3 N–H and O–H groups in total. The van der Waals surface area contributed by atoms with Crippen molar-refractivity contribution in [2.45, 2.75) is 18.9 Å². The van der Waals surface area contributed by atoms with Gasteiger partial charge in [0.15, 0.2) is 0 Å². The Kier molecular flexibility index (Phi) is 5.63. The molecule has 4 heterocycles. The fraction of sp³-hybridized carbons (Fsp3) is 0.161. The normalized spacial score (nSPS) is 14.3. The van der Waals surface area contributed by atoms with Crippen molar-refractivity contribution >= 4 is 21.8 Å². The van der Waals surface area contributed by atoms with E-state index in [1.807, 2.05) is 36.5 Å². The Labute approximate surface area is 218 Å². The SMILES string of the molecule is Fc1cccc(-c2cccc3[nH]c(-c4n[nH]c5ccc(-c6cncc(OC7CCNCC7)c6)cc45)cc23)c1. The van der Waals surface area contributed by atoms with Crippen LogP contribution in [-0.4, -0.2) is 39.4 Å². The number of aromatic nitrogens is 4. The third-order valence-electron chi connectivity index (χ3n) is 7.25. The van der Waals surface area contributed by atoms with E-state index < -0.39 is 0 Å². The molecule has 1 aliphatic rings. The zero-order chi connectivity index (χ0) is 25.5. The molecule has 7 rings (SSSR count). The van der Waals surface area contributed by atoms with Crippen LogP contribution in [0.5, 0.6) is 5.75 Å². The predicted octanol–water partition coefficient (Wildman–Crippen LogP) is 6.71. The van der Waals surface area contributed by atoms with E-state index in [2.05, 4.69) is 49.7 Å². The Balaban J connectivity index is 1.26. The van der Waals surface area contributed by atoms with E-state index in [0.717, 1.165) is 87.1 Å². The Bertz CT molecular complexity index is 1770. The van der Waals surface area contributed by atoms with Crippen LogP contribution in [0.2, 0.25) is 0 Å². The quantitative estimate of drug-likeness (QED) is 0.244. The Hall–Kier alpha value is -4.49. The molecule has 3 aromatic heterocycles. The maximum atomic E-state index is 13.9. The van der Waals surface area contributed by atoms with Gasteiger partial charge in [-0.25, -0.2) is 4.39 Å². The maximum absolute atomic E-state index is 13.9. The minimum Gasteiger partial charge on any atom is -0.489 e. The summed E-state index contributed by atoms with van der Waals surface area (Å²) < 4.78 is 20.2. The van der Waals surface area contributed by atoms with Gasteiger partial charge in [-0.05, 0) is 85.1 Å². The highest BCUT2D eigenvalue weighted by Crippen LogP contribution is 2.35. The lowest BCUT2D eigenvalue weighted by Gasteiger charge is -2.23. The lowest BCUT2D eigenvalue weighted by Crippen LogP contribution is -2.34. The van der Waals surface area contributed by atoms with Crippen LogP contribution >= 0.6 is 0 Å². The highest BCUT2D eigenvalue weighted by Gasteiger charge is 2.17. The highest BCUT2D eigenvalue weighted by molar-refractivity contribution is 6.01. The van der Waals surface area contributed by atoms with Gasteiger partial charge >= 0.3 is 0 Å². The second-order valence-corrected chi connectivity index (χ2v) is 9.77. The Morgan fingerprint density at radius 1 is 0.789 bits per heavy atom. The summed E-state index contributed by atoms with van der Waals surface area (Å²) in [5.74, 6) is 0.545. The molecule has 0 unspecified atom stereocenters. The number of nitrogens with one attached hydrogen (secondary N) is 3. The number of piperidine rings is 1. The van der Waals surface area contributed by atoms with E-state index in [0.29, 0.717) is 0 Å². The molecule has 3 aromatic carbocycles. The molecule has 38 heavy (non-hydrogen) atoms. The average Bonchev–Trinajstić information content (AvgIpc) is 3.57. The van der Waals surface area contributed by atoms with Gasteiger partial charge in [0.2, 0.25) is 0 Å². The van der Waals surface area contributed by atoms with Gasteiger partial charge in [-0.15, -0.1) is 0 Å². The summed E-state index contributed by atoms with van der Waals surface area (Å²) in [7, 11) is 0. The van der Waals surface area contributed by atoms with Crippen molar-refractivity contribution in [3.8, 4) is 39.4 Å². The van der Waals surface area contributed by atoms with E-state index in [1.54, 1.807) is 18.3 Å². The Morgan fingerprint density at radius 3 is 2.58 bits per heavy atom. The van der Waals surface area contributed by atoms with E-state index in [9.17, 15) is 4.39 Å². The number of aromatic amines is 2. The smallest absolute Gasteiger partial charge is 0.138 e. The molecule has 0 spiro atoms. The van der Waals surface area contributed by atoms with Gasteiger partial charge in [0.1, 0.15) is 23.4 Å². The lowest BCUT2D eigenvalue weighted by molar-refractivity contribution is 0.162. The van der Waals surface area contributed by atoms with Crippen molar-refractivity contribution in [2.75, 3.05) is 13.1 Å². The van der Waals surface area contributed by atoms with Gasteiger partial charge < -0.3 is 15.0 Å². The van der Waals surface area contributed by atoms with E-state index >= 15 is 0 Å². The summed E-state index contributed by atoms with van der Waals surface area (Å²) in [6, 6.07) is 23.1. The lowest BCUT2D eigenvalue weighted by atomic mass is 10.0. The maximum Gasteiger partial charge on any atom is 0.138 e. The van der Waals surface area contributed by atoms with E-state index in [-0.39, 0.29) is 11.9 Å². The van der Waals surface area contributed by atoms with Crippen LogP contribution in [0, 0.1) is 5.82 Å². The number of ether oxygens (including phenoxy) is 1. The summed E-state index contributed by atoms with van der Waals surface area (Å²) in [5, 5.41) is 13.2. The number of benzene rings is 3. The predicted molar refractivity (Wildman–Crippen MR) is 149 cm³/mol. The molecule has 0 bridgehead atoms. The zero-order valence-corrected chi connectivity index (χ0v) is 20.7. The monoisotopic (exact) mass is 503 g/mol. The van der Waals surface area contributed by atoms with E-state index in [1.165, 1.54) is 6.07 Å². The first-order chi connectivity index (χ1) is 18.7. The molecule has 6 nitrogen and oxygen atoms in total. The van der Waals surface area contributed by atoms with Crippen LogP contribution in [0.3, 0.4) is 0 Å². The fourth-order valence-corrected chi connectivity index (χ4v) is 5.34. The molecule has 188 valence electrons. The molecule has 0 radical (unpaired) electrons. The summed E-state index contributed by atoms with van der Waals surface area (Å²) in [6.45, 7) is 1.96. The zero-order valence-electron chi connectivity index (χ0n) is 20.7. The topological polar surface area (TPSA) is 78.6 Å². The number of fused-ring (bicyclic) bond motifs is 2. The third kappa shape index (κ3) is 4.21. The molecule has 1 aliphatic heterocycles. The summed E-state index contributed by atoms with van der Waals surface area (Å²) in [6.07, 6.45) is 5.87. The largest absolute Gasteiger partial charge is 0.489 e. The first kappa shape index (κ1) is 22.7. The van der Waals surface area contributed by atoms with Crippen molar-refractivity contribution in [3.05, 3.63) is 91.0 Å². The number of nitrogens with zero attached hydrogens (tertiary/aromatic N) is 2. The van der Waals surface area contributed by atoms with Gasteiger partial charge in [-0.3, -0.25) is 10.1 Å². The molecule has 0 aliphatic carbocycles. The molecular weight excluding hydrogens is 477 g/mol. The number of pyridine rings is 1. The molecule has 0 saturated carbocycles. The molecule has 7 heteroatoms. The minimum absolute atomic E-state index is 0.218. The van der Waals surface area contributed by atoms with Gasteiger partial charge in [-0.1, -0.05) is 30.3 Å². The van der Waals surface area contributed by atoms with Crippen LogP contribution in [0.25, 0.3) is 55.4 Å². The van der Waals surface area contributed by atoms with Crippen molar-refractivity contribution in [1.82, 2.24) is 25.5 Å². The van der Waals surface area contributed by atoms with Crippen molar-refractivity contribution < 1.29 is 9.13 Å². The molecule has 0 amide bonds. The number of rotatable bonds is 5. The Morgan fingerprint density at radius 2 is 1.68 bits per heavy atom. The first-order valence-corrected chi connectivity index (χ1v) is 12.9. The van der Waals surface area contributed by atoms with Crippen LogP contribution in [0.4, 0.5) is 4.39 Å². The number of halogens is 1. The first-order valence-electron chi connectivity index (χ1n) is 12.9. The van der Waals surface area contributed by atoms with Crippen LogP contribution in [0.1, 0.15) is 12.8 Å². The second-order valence-electron chi connectivity index (χ2n) is 9.77. The molecule has 1 fully saturated rings. The average molecular weight is 504 g/mol. The molecule has 6 aromatic rings. The number of H-pyrrole nitrogens is 2. The van der Waals surface area contributed by atoms with Crippen molar-refractivity contribution in [3.63, 3.8) is 0 Å². The summed E-state index contributed by atoms with van der Waals surface area (Å²) >= 11 is 0. The standard InChI is InChI=1S/C31H26FN5O/c32-22-4-1-3-20(13-22)25-5-2-6-28-26(25)16-30(35-28)31-27-15-19(7-8-29(27)36-37-31)21-14-24(18-34-17-21)38-23-9-11-33-12-10-23/h1-8,13-18,23,33,35H,9-12H2,(H,36,37). The van der Waals surface area contributed by atoms with Gasteiger partial charge in [0.25, 0.3) is 0 Å². The number of hydrogen-bond donors (Lipinski definition) is 3. The van der Waals surface area contributed by atoms with E-state index in [4.69, 9.17) is 4.74 Å². The molecule has 0 atom stereocenters. The van der Waals surface area contributed by atoms with Crippen molar-refractivity contribution in [2.24, 2.45) is 0 Å². The minimum atomic E-state index is -0.249. The number of hydrogen-bond acceptors (Lipinski definition) is 4.